The van der Waals surface area contributed by atoms with E-state index in [4.69, 9.17) is 9.73 Å². The fourth-order valence-electron chi connectivity index (χ4n) is 3.83. The molecule has 7 heteroatoms. The number of benzene rings is 2. The van der Waals surface area contributed by atoms with Crippen LogP contribution in [0, 0.1) is 5.92 Å². The van der Waals surface area contributed by atoms with Gasteiger partial charge in [-0.3, -0.25) is 5.10 Å². The van der Waals surface area contributed by atoms with Crippen LogP contribution in [0.5, 0.6) is 0 Å². The van der Waals surface area contributed by atoms with Crippen LogP contribution in [0.25, 0.3) is 11.4 Å². The Morgan fingerprint density at radius 2 is 2.06 bits per heavy atom. The number of nitrogens with zero attached hydrogens (tertiary/aromatic N) is 4. The summed E-state index contributed by atoms with van der Waals surface area (Å²) >= 11 is 0. The lowest BCUT2D eigenvalue weighted by Gasteiger charge is -2.21. The molecular formula is C24H30N6O. The van der Waals surface area contributed by atoms with Crippen molar-refractivity contribution >= 4 is 5.96 Å². The van der Waals surface area contributed by atoms with Crippen LogP contribution in [0.1, 0.15) is 24.5 Å². The van der Waals surface area contributed by atoms with Gasteiger partial charge in [-0.15, -0.1) is 0 Å². The van der Waals surface area contributed by atoms with Gasteiger partial charge in [0.2, 0.25) is 0 Å². The molecule has 1 unspecified atom stereocenters. The Hall–Kier alpha value is -3.19. The molecule has 0 saturated carbocycles. The molecule has 1 atom stereocenters. The van der Waals surface area contributed by atoms with Crippen molar-refractivity contribution in [2.24, 2.45) is 10.9 Å². The van der Waals surface area contributed by atoms with Crippen molar-refractivity contribution in [3.8, 4) is 11.4 Å². The molecule has 0 spiro atoms. The van der Waals surface area contributed by atoms with Crippen LogP contribution in [0.2, 0.25) is 0 Å². The average Bonchev–Trinajstić information content (AvgIpc) is 3.50. The molecule has 31 heavy (non-hydrogen) atoms. The first-order valence-corrected chi connectivity index (χ1v) is 10.9. The highest BCUT2D eigenvalue weighted by Crippen LogP contribution is 2.19. The molecule has 1 aliphatic rings. The zero-order valence-corrected chi connectivity index (χ0v) is 18.0. The van der Waals surface area contributed by atoms with Gasteiger partial charge in [0.25, 0.3) is 0 Å². The first kappa shape index (κ1) is 21.1. The predicted molar refractivity (Wildman–Crippen MR) is 122 cm³/mol. The number of H-pyrrole nitrogens is 1. The van der Waals surface area contributed by atoms with Crippen LogP contribution in [-0.4, -0.2) is 52.3 Å². The summed E-state index contributed by atoms with van der Waals surface area (Å²) < 4.78 is 5.97. The number of hydrogen-bond acceptors (Lipinski definition) is 4. The summed E-state index contributed by atoms with van der Waals surface area (Å²) in [4.78, 5) is 11.5. The third-order valence-electron chi connectivity index (χ3n) is 5.41. The Labute approximate surface area is 183 Å². The monoisotopic (exact) mass is 418 g/mol. The fourth-order valence-corrected chi connectivity index (χ4v) is 3.83. The third kappa shape index (κ3) is 5.92. The van der Waals surface area contributed by atoms with Gasteiger partial charge in [0.05, 0.1) is 19.8 Å². The van der Waals surface area contributed by atoms with E-state index < -0.39 is 0 Å². The molecule has 1 saturated heterocycles. The number of aromatic amines is 1. The highest BCUT2D eigenvalue weighted by atomic mass is 16.5. The lowest BCUT2D eigenvalue weighted by molar-refractivity contribution is 0.0906. The Kier molecular flexibility index (Phi) is 7.28. The van der Waals surface area contributed by atoms with E-state index in [9.17, 15) is 0 Å². The van der Waals surface area contributed by atoms with Crippen LogP contribution in [0.3, 0.4) is 0 Å². The molecule has 0 radical (unpaired) electrons. The summed E-state index contributed by atoms with van der Waals surface area (Å²) in [6, 6.07) is 18.6. The number of nitrogens with one attached hydrogen (secondary N) is 2. The zero-order chi connectivity index (χ0) is 21.3. The highest BCUT2D eigenvalue weighted by Gasteiger charge is 2.25. The van der Waals surface area contributed by atoms with Gasteiger partial charge >= 0.3 is 0 Å². The fraction of sp³-hybridized carbons (Fsp3) is 0.375. The van der Waals surface area contributed by atoms with Crippen molar-refractivity contribution in [2.45, 2.75) is 26.5 Å². The standard InChI is InChI=1S/C24H30N6O/c1-2-25-24(26-14-20-9-6-10-22(13-20)23-27-18-28-29-23)30-12-11-21(15-30)17-31-16-19-7-4-3-5-8-19/h3-10,13,18,21H,2,11-12,14-17H2,1H3,(H,25,26)(H,27,28,29). The van der Waals surface area contributed by atoms with Crippen molar-refractivity contribution in [2.75, 3.05) is 26.2 Å². The minimum atomic E-state index is 0.530. The van der Waals surface area contributed by atoms with Crippen LogP contribution in [0.4, 0.5) is 0 Å². The van der Waals surface area contributed by atoms with Gasteiger partial charge in [0, 0.05) is 31.1 Å². The normalized spacial score (nSPS) is 16.6. The van der Waals surface area contributed by atoms with E-state index in [0.29, 0.717) is 19.1 Å². The SMILES string of the molecule is CCNC(=NCc1cccc(-c2ncn[nH]2)c1)N1CCC(COCc2ccccc2)C1. The van der Waals surface area contributed by atoms with Gasteiger partial charge in [0.1, 0.15) is 6.33 Å². The minimum Gasteiger partial charge on any atom is -0.376 e. The van der Waals surface area contributed by atoms with Crippen molar-refractivity contribution < 1.29 is 4.74 Å². The Morgan fingerprint density at radius 3 is 2.87 bits per heavy atom. The van der Waals surface area contributed by atoms with Gasteiger partial charge in [-0.25, -0.2) is 9.98 Å². The maximum Gasteiger partial charge on any atom is 0.194 e. The molecule has 7 nitrogen and oxygen atoms in total. The summed E-state index contributed by atoms with van der Waals surface area (Å²) in [5.41, 5.74) is 3.39. The first-order chi connectivity index (χ1) is 15.3. The quantitative estimate of drug-likeness (QED) is 0.433. The predicted octanol–water partition coefficient (Wildman–Crippen LogP) is 3.48. The van der Waals surface area contributed by atoms with Gasteiger partial charge in [0.15, 0.2) is 11.8 Å². The van der Waals surface area contributed by atoms with Crippen LogP contribution in [0.15, 0.2) is 65.9 Å². The second-order valence-electron chi connectivity index (χ2n) is 7.81. The van der Waals surface area contributed by atoms with Gasteiger partial charge < -0.3 is 15.0 Å². The van der Waals surface area contributed by atoms with E-state index in [1.54, 1.807) is 0 Å². The summed E-state index contributed by atoms with van der Waals surface area (Å²) in [7, 11) is 0. The number of guanidine groups is 1. The maximum atomic E-state index is 5.97. The minimum absolute atomic E-state index is 0.530. The van der Waals surface area contributed by atoms with Crippen molar-refractivity contribution in [3.63, 3.8) is 0 Å². The molecule has 0 bridgehead atoms. The van der Waals surface area contributed by atoms with Crippen LogP contribution >= 0.6 is 0 Å². The summed E-state index contributed by atoms with van der Waals surface area (Å²) in [5.74, 6) is 2.27. The number of aliphatic imine (C=N–C) groups is 1. The molecule has 2 N–H and O–H groups in total. The van der Waals surface area contributed by atoms with E-state index in [1.807, 2.05) is 18.2 Å². The molecule has 2 heterocycles. The van der Waals surface area contributed by atoms with Gasteiger partial charge in [-0.2, -0.15) is 5.10 Å². The smallest absolute Gasteiger partial charge is 0.194 e. The van der Waals surface area contributed by atoms with Crippen molar-refractivity contribution in [1.29, 1.82) is 0 Å². The number of rotatable bonds is 8. The number of likely N-dealkylation sites (tertiary alicyclic amines) is 1. The summed E-state index contributed by atoms with van der Waals surface area (Å²) in [6.07, 6.45) is 2.65. The third-order valence-corrected chi connectivity index (χ3v) is 5.41. The van der Waals surface area contributed by atoms with Crippen LogP contribution < -0.4 is 5.32 Å². The second kappa shape index (κ2) is 10.7. The molecule has 4 rings (SSSR count). The molecule has 2 aromatic carbocycles. The van der Waals surface area contributed by atoms with E-state index in [2.05, 4.69) is 68.7 Å². The van der Waals surface area contributed by atoms with E-state index >= 15 is 0 Å². The summed E-state index contributed by atoms with van der Waals surface area (Å²) in [5, 5.41) is 10.3. The number of aromatic nitrogens is 3. The van der Waals surface area contributed by atoms with E-state index in [1.165, 1.54) is 11.9 Å². The number of ether oxygens (including phenoxy) is 1. The highest BCUT2D eigenvalue weighted by molar-refractivity contribution is 5.80. The largest absolute Gasteiger partial charge is 0.376 e. The van der Waals surface area contributed by atoms with E-state index in [-0.39, 0.29) is 0 Å². The van der Waals surface area contributed by atoms with Crippen LogP contribution in [-0.2, 0) is 17.9 Å². The Balaban J connectivity index is 1.32. The zero-order valence-electron chi connectivity index (χ0n) is 18.0. The molecule has 0 amide bonds. The molecule has 162 valence electrons. The van der Waals surface area contributed by atoms with Gasteiger partial charge in [-0.1, -0.05) is 48.5 Å². The molecule has 1 fully saturated rings. The van der Waals surface area contributed by atoms with Crippen molar-refractivity contribution in [3.05, 3.63) is 72.1 Å². The lowest BCUT2D eigenvalue weighted by Crippen LogP contribution is -2.40. The lowest BCUT2D eigenvalue weighted by atomic mass is 10.1. The Bertz CT molecular complexity index is 957. The maximum absolute atomic E-state index is 5.97. The van der Waals surface area contributed by atoms with Gasteiger partial charge in [-0.05, 0) is 30.5 Å². The molecule has 3 aromatic rings. The average molecular weight is 419 g/mol. The number of hydrogen-bond donors (Lipinski definition) is 2. The van der Waals surface area contributed by atoms with Crippen molar-refractivity contribution in [1.82, 2.24) is 25.4 Å². The second-order valence-corrected chi connectivity index (χ2v) is 7.81. The topological polar surface area (TPSA) is 78.4 Å². The first-order valence-electron chi connectivity index (χ1n) is 10.9. The molecule has 0 aliphatic carbocycles. The molecule has 1 aliphatic heterocycles. The summed E-state index contributed by atoms with van der Waals surface area (Å²) in [6.45, 7) is 7.01. The molecular weight excluding hydrogens is 388 g/mol. The molecule has 1 aromatic heterocycles. The van der Waals surface area contributed by atoms with E-state index in [0.717, 1.165) is 55.6 Å². The Morgan fingerprint density at radius 1 is 1.19 bits per heavy atom.